The zero-order chi connectivity index (χ0) is 16.9. The van der Waals surface area contributed by atoms with Crippen LogP contribution in [0.4, 0.5) is 0 Å². The molecule has 128 valence electrons. The molecule has 3 heterocycles. The topological polar surface area (TPSA) is 67.9 Å². The normalized spacial score (nSPS) is 17.8. The highest BCUT2D eigenvalue weighted by Gasteiger charge is 2.27. The summed E-state index contributed by atoms with van der Waals surface area (Å²) in [5.74, 6) is 2.29. The van der Waals surface area contributed by atoms with Crippen LogP contribution in [-0.4, -0.2) is 38.1 Å². The summed E-state index contributed by atoms with van der Waals surface area (Å²) in [4.78, 5) is 15.8. The molecule has 6 heteroatoms. The van der Waals surface area contributed by atoms with Gasteiger partial charge in [0.1, 0.15) is 5.82 Å². The third-order valence-electron chi connectivity index (χ3n) is 4.58. The molecule has 1 unspecified atom stereocenters. The fourth-order valence-corrected chi connectivity index (χ4v) is 3.36. The van der Waals surface area contributed by atoms with Crippen LogP contribution >= 0.6 is 0 Å². The largest absolute Gasteiger partial charge is 0.339 e. The molecular formula is C19H21N5O. The van der Waals surface area contributed by atoms with E-state index in [4.69, 9.17) is 4.52 Å². The lowest BCUT2D eigenvalue weighted by Gasteiger charge is -2.22. The first kappa shape index (κ1) is 15.9. The maximum Gasteiger partial charge on any atom is 0.227 e. The second-order valence-corrected chi connectivity index (χ2v) is 6.28. The first-order chi connectivity index (χ1) is 12.4. The average Bonchev–Trinajstić information content (AvgIpc) is 3.33. The number of aryl methyl sites for hydroxylation is 1. The first-order valence-electron chi connectivity index (χ1n) is 8.79. The van der Waals surface area contributed by atoms with Crippen LogP contribution in [0.3, 0.4) is 0 Å². The van der Waals surface area contributed by atoms with Gasteiger partial charge in [-0.1, -0.05) is 35.5 Å². The minimum absolute atomic E-state index is 0.337. The summed E-state index contributed by atoms with van der Waals surface area (Å²) < 4.78 is 5.39. The summed E-state index contributed by atoms with van der Waals surface area (Å²) in [6.45, 7) is 2.09. The van der Waals surface area contributed by atoms with Crippen molar-refractivity contribution in [1.82, 2.24) is 25.0 Å². The van der Waals surface area contributed by atoms with Crippen LogP contribution in [0, 0.1) is 0 Å². The van der Waals surface area contributed by atoms with E-state index in [2.05, 4.69) is 25.0 Å². The Labute approximate surface area is 146 Å². The van der Waals surface area contributed by atoms with Crippen molar-refractivity contribution in [2.45, 2.75) is 31.7 Å². The molecule has 1 atom stereocenters. The number of hydrogen-bond acceptors (Lipinski definition) is 6. The molecule has 1 aliphatic rings. The zero-order valence-corrected chi connectivity index (χ0v) is 14.1. The first-order valence-corrected chi connectivity index (χ1v) is 8.79. The molecule has 0 saturated carbocycles. The van der Waals surface area contributed by atoms with Crippen molar-refractivity contribution in [3.63, 3.8) is 0 Å². The van der Waals surface area contributed by atoms with Gasteiger partial charge in [0.05, 0.1) is 6.04 Å². The van der Waals surface area contributed by atoms with E-state index in [9.17, 15) is 0 Å². The molecular weight excluding hydrogens is 314 g/mol. The predicted octanol–water partition coefficient (Wildman–Crippen LogP) is 3.30. The Hall–Kier alpha value is -2.60. The number of nitrogens with zero attached hydrogens (tertiary/aromatic N) is 5. The maximum absolute atomic E-state index is 5.39. The van der Waals surface area contributed by atoms with Crippen LogP contribution in [0.2, 0.25) is 0 Å². The number of hydrogen-bond donors (Lipinski definition) is 0. The number of aromatic nitrogens is 4. The number of benzene rings is 1. The van der Waals surface area contributed by atoms with Crippen molar-refractivity contribution >= 4 is 0 Å². The minimum Gasteiger partial charge on any atom is -0.339 e. The van der Waals surface area contributed by atoms with Crippen molar-refractivity contribution < 1.29 is 4.52 Å². The highest BCUT2D eigenvalue weighted by molar-refractivity contribution is 5.53. The van der Waals surface area contributed by atoms with Gasteiger partial charge in [0.2, 0.25) is 11.7 Å². The predicted molar refractivity (Wildman–Crippen MR) is 93.6 cm³/mol. The van der Waals surface area contributed by atoms with Gasteiger partial charge < -0.3 is 4.52 Å². The molecule has 25 heavy (non-hydrogen) atoms. The van der Waals surface area contributed by atoms with Crippen LogP contribution in [0.1, 0.15) is 37.0 Å². The standard InChI is InChI=1S/C19H21N5O/c1-2-7-15(8-3-1)18-22-17(25-23-18)10-5-14-24-13-4-9-16(24)19-20-11-6-12-21-19/h1-3,6-8,11-12,16H,4-5,9-10,13-14H2. The van der Waals surface area contributed by atoms with Crippen LogP contribution in [-0.2, 0) is 6.42 Å². The van der Waals surface area contributed by atoms with E-state index in [-0.39, 0.29) is 0 Å². The quantitative estimate of drug-likeness (QED) is 0.688. The Morgan fingerprint density at radius 1 is 1.08 bits per heavy atom. The fourth-order valence-electron chi connectivity index (χ4n) is 3.36. The Kier molecular flexibility index (Phi) is 4.79. The fraction of sp³-hybridized carbons (Fsp3) is 0.368. The molecule has 0 bridgehead atoms. The van der Waals surface area contributed by atoms with Crippen molar-refractivity contribution in [1.29, 1.82) is 0 Å². The lowest BCUT2D eigenvalue weighted by molar-refractivity contribution is 0.241. The van der Waals surface area contributed by atoms with E-state index >= 15 is 0 Å². The maximum atomic E-state index is 5.39. The molecule has 0 radical (unpaired) electrons. The van der Waals surface area contributed by atoms with Gasteiger partial charge in [-0.25, -0.2) is 9.97 Å². The Morgan fingerprint density at radius 2 is 1.92 bits per heavy atom. The van der Waals surface area contributed by atoms with Gasteiger partial charge in [-0.05, 0) is 38.4 Å². The van der Waals surface area contributed by atoms with Crippen molar-refractivity contribution in [2.24, 2.45) is 0 Å². The van der Waals surface area contributed by atoms with Gasteiger partial charge in [-0.2, -0.15) is 4.98 Å². The third-order valence-corrected chi connectivity index (χ3v) is 4.58. The van der Waals surface area contributed by atoms with Gasteiger partial charge >= 0.3 is 0 Å². The molecule has 0 N–H and O–H groups in total. The Bertz CT molecular complexity index is 790. The lowest BCUT2D eigenvalue weighted by atomic mass is 10.2. The van der Waals surface area contributed by atoms with E-state index in [1.54, 1.807) is 0 Å². The molecule has 1 aliphatic heterocycles. The molecule has 2 aromatic heterocycles. The van der Waals surface area contributed by atoms with E-state index in [1.165, 1.54) is 6.42 Å². The molecule has 4 rings (SSSR count). The summed E-state index contributed by atoms with van der Waals surface area (Å²) in [6.07, 6.45) is 7.74. The summed E-state index contributed by atoms with van der Waals surface area (Å²) in [5.41, 5.74) is 0.985. The van der Waals surface area contributed by atoms with Gasteiger partial charge in [0.15, 0.2) is 0 Å². The molecule has 0 amide bonds. The average molecular weight is 335 g/mol. The van der Waals surface area contributed by atoms with Gasteiger partial charge in [0, 0.05) is 24.4 Å². The van der Waals surface area contributed by atoms with Crippen LogP contribution in [0.5, 0.6) is 0 Å². The van der Waals surface area contributed by atoms with E-state index < -0.39 is 0 Å². The Morgan fingerprint density at radius 3 is 2.76 bits per heavy atom. The van der Waals surface area contributed by atoms with Gasteiger partial charge in [-0.15, -0.1) is 0 Å². The van der Waals surface area contributed by atoms with Crippen LogP contribution in [0.15, 0.2) is 53.3 Å². The van der Waals surface area contributed by atoms with Crippen LogP contribution in [0.25, 0.3) is 11.4 Å². The van der Waals surface area contributed by atoms with Gasteiger partial charge in [-0.3, -0.25) is 4.90 Å². The summed E-state index contributed by atoms with van der Waals surface area (Å²) in [6, 6.07) is 12.1. The highest BCUT2D eigenvalue weighted by Crippen LogP contribution is 2.29. The lowest BCUT2D eigenvalue weighted by Crippen LogP contribution is -2.26. The van der Waals surface area contributed by atoms with Crippen LogP contribution < -0.4 is 0 Å². The molecule has 1 fully saturated rings. The monoisotopic (exact) mass is 335 g/mol. The SMILES string of the molecule is c1ccc(-c2noc(CCCN3CCCC3c3ncccn3)n2)cc1. The smallest absolute Gasteiger partial charge is 0.227 e. The van der Waals surface area contributed by atoms with Crippen molar-refractivity contribution in [3.8, 4) is 11.4 Å². The molecule has 0 aliphatic carbocycles. The second kappa shape index (κ2) is 7.53. The third kappa shape index (κ3) is 3.74. The number of rotatable bonds is 6. The summed E-state index contributed by atoms with van der Waals surface area (Å²) in [7, 11) is 0. The van der Waals surface area contributed by atoms with E-state index in [0.717, 1.165) is 43.7 Å². The van der Waals surface area contributed by atoms with Gasteiger partial charge in [0.25, 0.3) is 0 Å². The summed E-state index contributed by atoms with van der Waals surface area (Å²) in [5, 5.41) is 4.08. The summed E-state index contributed by atoms with van der Waals surface area (Å²) >= 11 is 0. The highest BCUT2D eigenvalue weighted by atomic mass is 16.5. The zero-order valence-electron chi connectivity index (χ0n) is 14.1. The molecule has 6 nitrogen and oxygen atoms in total. The minimum atomic E-state index is 0.337. The molecule has 3 aromatic rings. The van der Waals surface area contributed by atoms with E-state index in [1.807, 2.05) is 48.8 Å². The Balaban J connectivity index is 1.33. The second-order valence-electron chi connectivity index (χ2n) is 6.28. The van der Waals surface area contributed by atoms with Crippen molar-refractivity contribution in [2.75, 3.05) is 13.1 Å². The van der Waals surface area contributed by atoms with Crippen molar-refractivity contribution in [3.05, 3.63) is 60.5 Å². The molecule has 1 aromatic carbocycles. The number of likely N-dealkylation sites (tertiary alicyclic amines) is 1. The molecule has 1 saturated heterocycles. The van der Waals surface area contributed by atoms with E-state index in [0.29, 0.717) is 17.8 Å². The molecule has 0 spiro atoms.